The van der Waals surface area contributed by atoms with Crippen LogP contribution < -0.4 is 19.6 Å². The molecule has 0 spiro atoms. The number of anilines is 4. The summed E-state index contributed by atoms with van der Waals surface area (Å²) in [5.74, 6) is 1.96. The summed E-state index contributed by atoms with van der Waals surface area (Å²) in [5, 5.41) is 0.289. The molecule has 0 aliphatic carbocycles. The molecule has 2 rings (SSSR count). The second kappa shape index (κ2) is 42.3. The zero-order valence-corrected chi connectivity index (χ0v) is 49.1. The van der Waals surface area contributed by atoms with Crippen LogP contribution in [0.15, 0.2) is 101 Å². The molecule has 0 N–H and O–H groups in total. The first-order valence-electron chi connectivity index (χ1n) is 18.1. The molecule has 2 heterocycles. The van der Waals surface area contributed by atoms with E-state index < -0.39 is 62.5 Å². The average Bonchev–Trinajstić information content (AvgIpc) is 3.21. The van der Waals surface area contributed by atoms with Gasteiger partial charge in [-0.05, 0) is 23.2 Å². The second-order valence-electron chi connectivity index (χ2n) is 11.9. The van der Waals surface area contributed by atoms with Crippen molar-refractivity contribution < 1.29 is 194 Å². The fourth-order valence-corrected chi connectivity index (χ4v) is 3.73. The van der Waals surface area contributed by atoms with E-state index in [2.05, 4.69) is 82.5 Å². The summed E-state index contributed by atoms with van der Waals surface area (Å²) >= 11 is 12.0. The first-order valence-corrected chi connectivity index (χ1v) is 24.5. The quantitative estimate of drug-likeness (QED) is 0.0485. The molecule has 464 valence electrons. The molecule has 0 atom stereocenters. The van der Waals surface area contributed by atoms with Crippen LogP contribution in [0.3, 0.4) is 0 Å². The molecule has 44 heteroatoms. The van der Waals surface area contributed by atoms with E-state index >= 15 is 0 Å². The van der Waals surface area contributed by atoms with Crippen LogP contribution in [0.1, 0.15) is 0 Å². The van der Waals surface area contributed by atoms with Gasteiger partial charge in [0.2, 0.25) is 34.4 Å². The Morgan fingerprint density at radius 3 is 0.513 bits per heavy atom. The smallest absolute Gasteiger partial charge is 0.741 e. The Morgan fingerprint density at radius 2 is 0.436 bits per heavy atom. The van der Waals surface area contributed by atoms with E-state index in [1.165, 1.54) is 0 Å². The van der Waals surface area contributed by atoms with Crippen LogP contribution in [0.2, 0.25) is 10.6 Å². The molecule has 78 heavy (non-hydrogen) atoms. The molecule has 22 nitrogen and oxygen atoms in total. The van der Waals surface area contributed by atoms with Crippen LogP contribution in [0, 0.1) is 0 Å². The fourth-order valence-electron chi connectivity index (χ4n) is 3.42. The fraction of sp³-hybridized carbons (Fsp3) is 0.353. The van der Waals surface area contributed by atoms with Crippen molar-refractivity contribution in [2.45, 2.75) is 22.0 Å². The number of hydrogen-bond donors (Lipinski definition) is 0. The number of halogens is 14. The zero-order chi connectivity index (χ0) is 59.3. The molecule has 0 saturated heterocycles. The van der Waals surface area contributed by atoms with E-state index in [0.717, 1.165) is 0 Å². The predicted octanol–water partition coefficient (Wildman–Crippen LogP) is 5.96. The summed E-state index contributed by atoms with van der Waals surface area (Å²) in [6, 6.07) is 0. The van der Waals surface area contributed by atoms with Gasteiger partial charge in [0.1, 0.15) is 0 Å². The van der Waals surface area contributed by atoms with Gasteiger partial charge in [0.15, 0.2) is 40.5 Å². The summed E-state index contributed by atoms with van der Waals surface area (Å²) in [6.07, 6.45) is 14.2. The molecule has 0 aliphatic heterocycles. The Kier molecular flexibility index (Phi) is 49.9. The molecule has 0 radical (unpaired) electrons. The van der Waals surface area contributed by atoms with Crippen LogP contribution >= 0.6 is 23.2 Å². The van der Waals surface area contributed by atoms with Gasteiger partial charge in [0.05, 0.1) is 0 Å². The van der Waals surface area contributed by atoms with E-state index in [1.54, 1.807) is 48.6 Å². The normalized spacial score (nSPS) is 11.0. The third kappa shape index (κ3) is 40.6. The van der Waals surface area contributed by atoms with E-state index in [1.807, 2.05) is 19.6 Å². The molecular formula is C34H40Ag4Cl2F12N10O12S4. The minimum atomic E-state index is -6.09. The van der Waals surface area contributed by atoms with Gasteiger partial charge in [-0.25, -0.2) is 33.7 Å². The van der Waals surface area contributed by atoms with Gasteiger partial charge in [0, 0.05) is 52.4 Å². The van der Waals surface area contributed by atoms with Gasteiger partial charge in [-0.1, -0.05) is 48.6 Å². The Morgan fingerprint density at radius 1 is 0.333 bits per heavy atom. The maximum absolute atomic E-state index is 10.7. The summed E-state index contributed by atoms with van der Waals surface area (Å²) in [5.41, 5.74) is -22.6. The Hall–Kier alpha value is -2.52. The topological polar surface area (TPSA) is 319 Å². The molecule has 0 unspecified atom stereocenters. The summed E-state index contributed by atoms with van der Waals surface area (Å²) in [7, 11) is -24.4. The van der Waals surface area contributed by atoms with E-state index in [9.17, 15) is 52.7 Å². The van der Waals surface area contributed by atoms with Crippen LogP contribution in [-0.4, -0.2) is 156 Å². The van der Waals surface area contributed by atoms with Gasteiger partial charge < -0.3 is 37.8 Å². The van der Waals surface area contributed by atoms with Crippen molar-refractivity contribution in [3.63, 3.8) is 0 Å². The predicted molar refractivity (Wildman–Crippen MR) is 243 cm³/mol. The van der Waals surface area contributed by atoms with Crippen molar-refractivity contribution in [2.75, 3.05) is 72.0 Å². The van der Waals surface area contributed by atoms with Crippen LogP contribution in [0.5, 0.6) is 0 Å². The third-order valence-corrected chi connectivity index (χ3v) is 8.84. The SMILES string of the molecule is C=CCN(CC=C)c1nc(Cl)nc(N(CC=C)CC=C)n1.C=CCN(CC=C)c1nc(Cl)nc(N(CC=C)CC=C)n1.O=S(=O)([O-])C(F)(F)F.O=S(=O)([O-])C(F)(F)F.O=S(=O)([O-])C(F)(F)F.O=S(=O)([O-])C(F)(F)F.[Ag+].[Ag+].[Ag+].[Ag+]. The van der Waals surface area contributed by atoms with Crippen molar-refractivity contribution in [1.29, 1.82) is 0 Å². The standard InChI is InChI=1S/2C15H20ClN5.4CHF3O3S.4Ag/c2*1-5-9-20(10-6-2)14-17-13(16)18-15(19-14)21(11-7-3)12-8-4;4*2-1(3,4)8(5,6)7;;;;/h2*5-8H,1-4,9-12H2;4*(H,5,6,7);;;;/q;;;;;;4*+1/p-4. The van der Waals surface area contributed by atoms with Gasteiger partial charge in [0.25, 0.3) is 0 Å². The van der Waals surface area contributed by atoms with Gasteiger partial charge in [-0.2, -0.15) is 82.6 Å². The Labute approximate surface area is 512 Å². The number of alkyl halides is 12. The molecule has 0 fully saturated rings. The van der Waals surface area contributed by atoms with Gasteiger partial charge >= 0.3 is 112 Å². The van der Waals surface area contributed by atoms with Gasteiger partial charge in [-0.3, -0.25) is 0 Å². The molecule has 0 amide bonds. The average molecular weight is 1640 g/mol. The monoisotopic (exact) mass is 1630 g/mol. The van der Waals surface area contributed by atoms with Crippen LogP contribution in [0.4, 0.5) is 76.5 Å². The van der Waals surface area contributed by atoms with E-state index in [4.69, 9.17) is 75.1 Å². The largest absolute Gasteiger partial charge is 1.00 e. The van der Waals surface area contributed by atoms with Crippen molar-refractivity contribution in [3.8, 4) is 0 Å². The Bertz CT molecular complexity index is 2250. The maximum Gasteiger partial charge on any atom is 1.00 e. The van der Waals surface area contributed by atoms with Crippen molar-refractivity contribution in [3.05, 3.63) is 112 Å². The number of rotatable bonds is 20. The molecule has 0 aromatic carbocycles. The number of aromatic nitrogens is 6. The summed E-state index contributed by atoms with van der Waals surface area (Å²) in [6.45, 7) is 34.6. The number of hydrogen-bond acceptors (Lipinski definition) is 22. The van der Waals surface area contributed by atoms with Crippen molar-refractivity contribution in [2.24, 2.45) is 0 Å². The minimum Gasteiger partial charge on any atom is -0.741 e. The second-order valence-corrected chi connectivity index (χ2v) is 18.1. The minimum absolute atomic E-state index is 0. The van der Waals surface area contributed by atoms with Crippen molar-refractivity contribution in [1.82, 2.24) is 29.9 Å². The summed E-state index contributed by atoms with van der Waals surface area (Å²) < 4.78 is 236. The molecule has 2 aromatic heterocycles. The van der Waals surface area contributed by atoms with Crippen LogP contribution in [-0.2, 0) is 130 Å². The first kappa shape index (κ1) is 92.0. The molecule has 0 bridgehead atoms. The molecule has 2 aromatic rings. The maximum atomic E-state index is 10.7. The number of nitrogens with zero attached hydrogens (tertiary/aromatic N) is 10. The molecule has 0 aliphatic rings. The van der Waals surface area contributed by atoms with Crippen LogP contribution in [0.25, 0.3) is 0 Å². The first-order chi connectivity index (χ1) is 33.3. The van der Waals surface area contributed by atoms with Gasteiger partial charge in [-0.15, -0.1) is 52.6 Å². The van der Waals surface area contributed by atoms with E-state index in [-0.39, 0.29) is 100 Å². The Balaban J connectivity index is -0.000000133. The van der Waals surface area contributed by atoms with Crippen molar-refractivity contribution >= 4 is 87.5 Å². The zero-order valence-electron chi connectivity index (χ0n) is 38.4. The molecule has 0 saturated carbocycles. The summed E-state index contributed by atoms with van der Waals surface area (Å²) in [4.78, 5) is 33.2. The molecular weight excluding hydrogens is 1600 g/mol. The third-order valence-electron chi connectivity index (χ3n) is 6.23. The van der Waals surface area contributed by atoms with E-state index in [0.29, 0.717) is 76.2 Å².